The van der Waals surface area contributed by atoms with E-state index in [0.29, 0.717) is 12.2 Å². The molecule has 1 aromatic carbocycles. The summed E-state index contributed by atoms with van der Waals surface area (Å²) < 4.78 is 1.78. The van der Waals surface area contributed by atoms with E-state index in [1.165, 1.54) is 5.56 Å². The van der Waals surface area contributed by atoms with Crippen molar-refractivity contribution >= 4 is 5.95 Å². The van der Waals surface area contributed by atoms with Gasteiger partial charge in [0.15, 0.2) is 0 Å². The van der Waals surface area contributed by atoms with Gasteiger partial charge < -0.3 is 10.0 Å². The maximum absolute atomic E-state index is 10.9. The molecule has 1 aliphatic heterocycles. The molecule has 0 amide bonds. The topological polar surface area (TPSA) is 92.8 Å². The molecule has 1 aliphatic carbocycles. The van der Waals surface area contributed by atoms with Crippen molar-refractivity contribution in [2.75, 3.05) is 18.0 Å². The number of hydrogen-bond donors (Lipinski definition) is 1. The first-order valence-corrected chi connectivity index (χ1v) is 12.9. The van der Waals surface area contributed by atoms with Gasteiger partial charge in [0.2, 0.25) is 5.95 Å². The summed E-state index contributed by atoms with van der Waals surface area (Å²) in [4.78, 5) is 16.8. The van der Waals surface area contributed by atoms with Crippen LogP contribution in [0.4, 0.5) is 5.95 Å². The Labute approximate surface area is 211 Å². The van der Waals surface area contributed by atoms with Gasteiger partial charge in [-0.15, -0.1) is 5.10 Å². The largest absolute Gasteiger partial charge is 0.384 e. The minimum atomic E-state index is -0.803. The standard InChI is InChI=1S/C28H31N7O/c1-20-8-6-9-21(16-20)23-17-24(31-27(30-23)34-14-4-5-15-34)25-19-35(33-32-25)18-22-10-7-11-26(29-22)28(36)12-2-3-13-28/h6-11,16-17,19,36H,2-5,12-15,18H2,1H3. The summed E-state index contributed by atoms with van der Waals surface area (Å²) in [6.07, 6.45) is 7.85. The number of aryl methyl sites for hydroxylation is 1. The molecule has 2 fully saturated rings. The molecule has 1 N–H and O–H groups in total. The maximum Gasteiger partial charge on any atom is 0.226 e. The number of hydrogen-bond acceptors (Lipinski definition) is 7. The Morgan fingerprint density at radius 1 is 0.861 bits per heavy atom. The Hall–Kier alpha value is -3.65. The molecule has 3 aromatic heterocycles. The average Bonchev–Trinajstić information content (AvgIpc) is 3.67. The minimum Gasteiger partial charge on any atom is -0.384 e. The number of nitrogens with zero attached hydrogens (tertiary/aromatic N) is 7. The highest BCUT2D eigenvalue weighted by molar-refractivity contribution is 5.68. The van der Waals surface area contributed by atoms with Gasteiger partial charge in [0.25, 0.3) is 0 Å². The molecule has 2 aliphatic rings. The Morgan fingerprint density at radius 2 is 1.64 bits per heavy atom. The summed E-state index contributed by atoms with van der Waals surface area (Å²) in [5, 5.41) is 19.8. The highest BCUT2D eigenvalue weighted by Crippen LogP contribution is 2.37. The number of benzene rings is 1. The molecular weight excluding hydrogens is 450 g/mol. The smallest absolute Gasteiger partial charge is 0.226 e. The van der Waals surface area contributed by atoms with Crippen molar-refractivity contribution < 1.29 is 5.11 Å². The van der Waals surface area contributed by atoms with E-state index in [4.69, 9.17) is 15.0 Å². The van der Waals surface area contributed by atoms with Gasteiger partial charge in [0.1, 0.15) is 11.3 Å². The van der Waals surface area contributed by atoms with Gasteiger partial charge in [0, 0.05) is 18.7 Å². The van der Waals surface area contributed by atoms with Crippen molar-refractivity contribution in [1.82, 2.24) is 29.9 Å². The lowest BCUT2D eigenvalue weighted by Gasteiger charge is -2.21. The van der Waals surface area contributed by atoms with Crippen LogP contribution in [0, 0.1) is 6.92 Å². The van der Waals surface area contributed by atoms with Crippen molar-refractivity contribution in [2.45, 2.75) is 57.6 Å². The Balaban J connectivity index is 1.30. The minimum absolute atomic E-state index is 0.478. The molecule has 184 valence electrons. The zero-order valence-corrected chi connectivity index (χ0v) is 20.6. The van der Waals surface area contributed by atoms with Crippen molar-refractivity contribution in [2.24, 2.45) is 0 Å². The third kappa shape index (κ3) is 4.60. The van der Waals surface area contributed by atoms with Gasteiger partial charge in [-0.05, 0) is 56.9 Å². The monoisotopic (exact) mass is 481 g/mol. The number of aliphatic hydroxyl groups is 1. The van der Waals surface area contributed by atoms with Crippen LogP contribution in [0.3, 0.4) is 0 Å². The predicted octanol–water partition coefficient (Wildman–Crippen LogP) is 4.52. The van der Waals surface area contributed by atoms with Crippen LogP contribution in [0.1, 0.15) is 55.5 Å². The van der Waals surface area contributed by atoms with Gasteiger partial charge in [-0.1, -0.05) is 47.9 Å². The van der Waals surface area contributed by atoms with Gasteiger partial charge >= 0.3 is 0 Å². The molecule has 1 saturated carbocycles. The molecule has 4 aromatic rings. The van der Waals surface area contributed by atoms with Gasteiger partial charge in [-0.3, -0.25) is 4.98 Å². The SMILES string of the molecule is Cc1cccc(-c2cc(-c3cn(Cc4cccc(C5(O)CCCC5)n4)nn3)nc(N3CCCC3)n2)c1. The van der Waals surface area contributed by atoms with Crippen LogP contribution in [0.15, 0.2) is 54.7 Å². The highest BCUT2D eigenvalue weighted by Gasteiger charge is 2.34. The summed E-state index contributed by atoms with van der Waals surface area (Å²) in [7, 11) is 0. The molecule has 0 bridgehead atoms. The number of pyridine rings is 1. The molecule has 1 saturated heterocycles. The summed E-state index contributed by atoms with van der Waals surface area (Å²) in [5.74, 6) is 0.746. The van der Waals surface area contributed by atoms with Crippen molar-refractivity contribution in [3.05, 3.63) is 71.7 Å². The molecule has 4 heterocycles. The van der Waals surface area contributed by atoms with E-state index in [1.807, 2.05) is 30.5 Å². The van der Waals surface area contributed by atoms with Crippen molar-refractivity contribution in [3.63, 3.8) is 0 Å². The summed E-state index contributed by atoms with van der Waals surface area (Å²) >= 11 is 0. The maximum atomic E-state index is 10.9. The zero-order chi connectivity index (χ0) is 24.5. The molecule has 8 heteroatoms. The molecule has 0 radical (unpaired) electrons. The summed E-state index contributed by atoms with van der Waals surface area (Å²) in [6.45, 7) is 4.51. The summed E-state index contributed by atoms with van der Waals surface area (Å²) in [6, 6.07) is 16.2. The lowest BCUT2D eigenvalue weighted by atomic mass is 9.97. The number of aromatic nitrogens is 6. The molecule has 0 atom stereocenters. The predicted molar refractivity (Wildman–Crippen MR) is 138 cm³/mol. The normalized spacial score (nSPS) is 17.1. The lowest BCUT2D eigenvalue weighted by Crippen LogP contribution is -2.23. The van der Waals surface area contributed by atoms with E-state index in [1.54, 1.807) is 4.68 Å². The van der Waals surface area contributed by atoms with E-state index in [0.717, 1.165) is 85.9 Å². The van der Waals surface area contributed by atoms with E-state index in [9.17, 15) is 5.11 Å². The average molecular weight is 482 g/mol. The third-order valence-electron chi connectivity index (χ3n) is 7.26. The lowest BCUT2D eigenvalue weighted by molar-refractivity contribution is 0.0397. The number of rotatable bonds is 6. The second-order valence-electron chi connectivity index (χ2n) is 10.1. The van der Waals surface area contributed by atoms with Crippen LogP contribution < -0.4 is 4.90 Å². The summed E-state index contributed by atoms with van der Waals surface area (Å²) in [5.41, 5.74) is 5.42. The van der Waals surface area contributed by atoms with E-state index in [-0.39, 0.29) is 0 Å². The van der Waals surface area contributed by atoms with Crippen LogP contribution in [0.25, 0.3) is 22.6 Å². The van der Waals surface area contributed by atoms with Crippen LogP contribution >= 0.6 is 0 Å². The Bertz CT molecular complexity index is 1370. The third-order valence-corrected chi connectivity index (χ3v) is 7.26. The second kappa shape index (κ2) is 9.43. The van der Waals surface area contributed by atoms with Crippen molar-refractivity contribution in [3.8, 4) is 22.6 Å². The zero-order valence-electron chi connectivity index (χ0n) is 20.6. The van der Waals surface area contributed by atoms with E-state index in [2.05, 4.69) is 46.4 Å². The van der Waals surface area contributed by atoms with Crippen LogP contribution in [0.5, 0.6) is 0 Å². The Morgan fingerprint density at radius 3 is 2.44 bits per heavy atom. The first-order chi connectivity index (χ1) is 17.6. The first-order valence-electron chi connectivity index (χ1n) is 12.9. The first kappa shape index (κ1) is 22.8. The highest BCUT2D eigenvalue weighted by atomic mass is 16.3. The molecule has 0 spiro atoms. The second-order valence-corrected chi connectivity index (χ2v) is 10.1. The fourth-order valence-corrected chi connectivity index (χ4v) is 5.28. The van der Waals surface area contributed by atoms with E-state index >= 15 is 0 Å². The fraction of sp³-hybridized carbons (Fsp3) is 0.393. The Kier molecular flexibility index (Phi) is 5.97. The molecule has 0 unspecified atom stereocenters. The molecule has 36 heavy (non-hydrogen) atoms. The van der Waals surface area contributed by atoms with Crippen molar-refractivity contribution in [1.29, 1.82) is 0 Å². The van der Waals surface area contributed by atoms with Crippen LogP contribution in [-0.2, 0) is 12.1 Å². The van der Waals surface area contributed by atoms with Crippen LogP contribution in [0.2, 0.25) is 0 Å². The molecule has 6 rings (SSSR count). The van der Waals surface area contributed by atoms with Gasteiger partial charge in [0.05, 0.1) is 35.5 Å². The number of anilines is 1. The van der Waals surface area contributed by atoms with Crippen LogP contribution in [-0.4, -0.2) is 48.1 Å². The molecular formula is C28H31N7O. The molecule has 8 nitrogen and oxygen atoms in total. The quantitative estimate of drug-likeness (QED) is 0.433. The van der Waals surface area contributed by atoms with Gasteiger partial charge in [-0.25, -0.2) is 14.6 Å². The van der Waals surface area contributed by atoms with E-state index < -0.39 is 5.60 Å². The van der Waals surface area contributed by atoms with Gasteiger partial charge in [-0.2, -0.15) is 0 Å². The fourth-order valence-electron chi connectivity index (χ4n) is 5.28.